The molecule has 0 aliphatic heterocycles. The third kappa shape index (κ3) is 2.11. The van der Waals surface area contributed by atoms with Gasteiger partial charge < -0.3 is 5.73 Å². The molecular weight excluding hydrogens is 230 g/mol. The van der Waals surface area contributed by atoms with Crippen molar-refractivity contribution < 1.29 is 0 Å². The first kappa shape index (κ1) is 11.6. The summed E-state index contributed by atoms with van der Waals surface area (Å²) in [4.78, 5) is 0. The third-order valence-corrected chi connectivity index (χ3v) is 4.91. The molecule has 0 heterocycles. The van der Waals surface area contributed by atoms with Crippen LogP contribution in [-0.4, -0.2) is 6.04 Å². The minimum atomic E-state index is 0.257. The van der Waals surface area contributed by atoms with E-state index in [9.17, 15) is 0 Å². The fourth-order valence-corrected chi connectivity index (χ4v) is 3.28. The first-order valence-corrected chi connectivity index (χ1v) is 7.10. The highest BCUT2D eigenvalue weighted by atomic mass is 35.5. The van der Waals surface area contributed by atoms with E-state index in [-0.39, 0.29) is 5.41 Å². The standard InChI is InChI=1S/C15H20ClN/c16-13-6-4-12(5-7-13)15(8-1-9-15)14(17)10-11-2-3-11/h4-7,11,14H,1-3,8-10,17H2. The second kappa shape index (κ2) is 4.29. The first-order chi connectivity index (χ1) is 8.21. The van der Waals surface area contributed by atoms with Crippen LogP contribution >= 0.6 is 11.6 Å². The van der Waals surface area contributed by atoms with Crippen LogP contribution in [0.3, 0.4) is 0 Å². The lowest BCUT2D eigenvalue weighted by molar-refractivity contribution is 0.184. The van der Waals surface area contributed by atoms with E-state index in [4.69, 9.17) is 17.3 Å². The van der Waals surface area contributed by atoms with Crippen molar-refractivity contribution in [2.45, 2.75) is 50.0 Å². The number of nitrogens with two attached hydrogens (primary N) is 1. The third-order valence-electron chi connectivity index (χ3n) is 4.66. The lowest BCUT2D eigenvalue weighted by Crippen LogP contribution is -2.50. The van der Waals surface area contributed by atoms with Gasteiger partial charge in [-0.1, -0.05) is 43.0 Å². The Balaban J connectivity index is 1.82. The molecule has 92 valence electrons. The van der Waals surface area contributed by atoms with E-state index in [0.717, 1.165) is 10.9 Å². The van der Waals surface area contributed by atoms with Gasteiger partial charge in [0.2, 0.25) is 0 Å². The van der Waals surface area contributed by atoms with Gasteiger partial charge in [-0.25, -0.2) is 0 Å². The van der Waals surface area contributed by atoms with Crippen LogP contribution < -0.4 is 5.73 Å². The first-order valence-electron chi connectivity index (χ1n) is 6.72. The summed E-state index contributed by atoms with van der Waals surface area (Å²) in [5.41, 5.74) is 8.15. The number of rotatable bonds is 4. The predicted octanol–water partition coefficient (Wildman–Crippen LogP) is 3.89. The Kier molecular flexibility index (Phi) is 2.92. The highest BCUT2D eigenvalue weighted by Crippen LogP contribution is 2.49. The summed E-state index contributed by atoms with van der Waals surface area (Å²) in [7, 11) is 0. The van der Waals surface area contributed by atoms with E-state index in [1.165, 1.54) is 44.1 Å². The molecule has 2 N–H and O–H groups in total. The van der Waals surface area contributed by atoms with E-state index in [0.29, 0.717) is 6.04 Å². The average molecular weight is 250 g/mol. The van der Waals surface area contributed by atoms with Gasteiger partial charge in [0.15, 0.2) is 0 Å². The zero-order valence-electron chi connectivity index (χ0n) is 10.2. The van der Waals surface area contributed by atoms with Gasteiger partial charge in [0.25, 0.3) is 0 Å². The molecule has 0 spiro atoms. The monoisotopic (exact) mass is 249 g/mol. The predicted molar refractivity (Wildman–Crippen MR) is 72.3 cm³/mol. The Morgan fingerprint density at radius 3 is 2.35 bits per heavy atom. The quantitative estimate of drug-likeness (QED) is 0.861. The van der Waals surface area contributed by atoms with Gasteiger partial charge in [-0.3, -0.25) is 0 Å². The highest BCUT2D eigenvalue weighted by molar-refractivity contribution is 6.30. The molecule has 2 saturated carbocycles. The number of hydrogen-bond acceptors (Lipinski definition) is 1. The average Bonchev–Trinajstić information content (AvgIpc) is 3.03. The van der Waals surface area contributed by atoms with Gasteiger partial charge in [0.1, 0.15) is 0 Å². The van der Waals surface area contributed by atoms with Crippen LogP contribution in [-0.2, 0) is 5.41 Å². The van der Waals surface area contributed by atoms with E-state index in [2.05, 4.69) is 12.1 Å². The molecule has 0 bridgehead atoms. The van der Waals surface area contributed by atoms with Gasteiger partial charge in [-0.05, 0) is 42.9 Å². The maximum Gasteiger partial charge on any atom is 0.0406 e. The Bertz CT molecular complexity index is 390. The molecular formula is C15H20ClN. The summed E-state index contributed by atoms with van der Waals surface area (Å²) in [6.45, 7) is 0. The zero-order chi connectivity index (χ0) is 11.9. The summed E-state index contributed by atoms with van der Waals surface area (Å²) in [5, 5.41) is 0.819. The van der Waals surface area contributed by atoms with Gasteiger partial charge in [-0.15, -0.1) is 0 Å². The molecule has 17 heavy (non-hydrogen) atoms. The molecule has 0 aromatic heterocycles. The summed E-state index contributed by atoms with van der Waals surface area (Å²) < 4.78 is 0. The van der Waals surface area contributed by atoms with Crippen molar-refractivity contribution >= 4 is 11.6 Å². The molecule has 1 atom stereocenters. The minimum Gasteiger partial charge on any atom is -0.327 e. The largest absolute Gasteiger partial charge is 0.327 e. The molecule has 1 unspecified atom stereocenters. The molecule has 2 aliphatic carbocycles. The van der Waals surface area contributed by atoms with Gasteiger partial charge >= 0.3 is 0 Å². The summed E-state index contributed by atoms with van der Waals surface area (Å²) >= 11 is 5.97. The fourth-order valence-electron chi connectivity index (χ4n) is 3.15. The van der Waals surface area contributed by atoms with Gasteiger partial charge in [-0.2, -0.15) is 0 Å². The van der Waals surface area contributed by atoms with Crippen molar-refractivity contribution in [3.8, 4) is 0 Å². The Morgan fingerprint density at radius 1 is 1.24 bits per heavy atom. The second-order valence-corrected chi connectivity index (χ2v) is 6.24. The molecule has 3 rings (SSSR count). The van der Waals surface area contributed by atoms with Crippen LogP contribution in [0.4, 0.5) is 0 Å². The smallest absolute Gasteiger partial charge is 0.0406 e. The van der Waals surface area contributed by atoms with Crippen LogP contribution in [0.15, 0.2) is 24.3 Å². The molecule has 0 saturated heterocycles. The zero-order valence-corrected chi connectivity index (χ0v) is 10.9. The van der Waals surface area contributed by atoms with Crippen molar-refractivity contribution in [1.82, 2.24) is 0 Å². The van der Waals surface area contributed by atoms with E-state index < -0.39 is 0 Å². The normalized spacial score (nSPS) is 24.1. The van der Waals surface area contributed by atoms with E-state index in [1.54, 1.807) is 0 Å². The molecule has 0 amide bonds. The topological polar surface area (TPSA) is 26.0 Å². The highest BCUT2D eigenvalue weighted by Gasteiger charge is 2.45. The van der Waals surface area contributed by atoms with Crippen LogP contribution in [0.5, 0.6) is 0 Å². The molecule has 1 aromatic carbocycles. The van der Waals surface area contributed by atoms with Crippen molar-refractivity contribution in [3.63, 3.8) is 0 Å². The molecule has 2 aliphatic rings. The van der Waals surface area contributed by atoms with Crippen LogP contribution in [0, 0.1) is 5.92 Å². The van der Waals surface area contributed by atoms with Crippen molar-refractivity contribution in [3.05, 3.63) is 34.9 Å². The fraction of sp³-hybridized carbons (Fsp3) is 0.600. The van der Waals surface area contributed by atoms with Crippen LogP contribution in [0.25, 0.3) is 0 Å². The minimum absolute atomic E-state index is 0.257. The lowest BCUT2D eigenvalue weighted by Gasteiger charge is -2.47. The molecule has 2 fully saturated rings. The number of benzene rings is 1. The SMILES string of the molecule is NC(CC1CC1)C1(c2ccc(Cl)cc2)CCC1. The van der Waals surface area contributed by atoms with Crippen molar-refractivity contribution in [1.29, 1.82) is 0 Å². The second-order valence-electron chi connectivity index (χ2n) is 5.80. The molecule has 2 heteroatoms. The Hall–Kier alpha value is -0.530. The van der Waals surface area contributed by atoms with Crippen LogP contribution in [0.1, 0.15) is 44.1 Å². The molecule has 1 aromatic rings. The summed E-state index contributed by atoms with van der Waals surface area (Å²) in [6, 6.07) is 8.69. The maximum atomic E-state index is 6.49. The van der Waals surface area contributed by atoms with Gasteiger partial charge in [0.05, 0.1) is 0 Å². The van der Waals surface area contributed by atoms with E-state index in [1.807, 2.05) is 12.1 Å². The Labute approximate surface area is 108 Å². The Morgan fingerprint density at radius 2 is 1.88 bits per heavy atom. The summed E-state index contributed by atoms with van der Waals surface area (Å²) in [6.07, 6.45) is 7.82. The molecule has 0 radical (unpaired) electrons. The van der Waals surface area contributed by atoms with Crippen LogP contribution in [0.2, 0.25) is 5.02 Å². The summed E-state index contributed by atoms with van der Waals surface area (Å²) in [5.74, 6) is 0.912. The maximum absolute atomic E-state index is 6.49. The molecule has 1 nitrogen and oxygen atoms in total. The van der Waals surface area contributed by atoms with E-state index >= 15 is 0 Å². The van der Waals surface area contributed by atoms with Crippen molar-refractivity contribution in [2.24, 2.45) is 11.7 Å². The lowest BCUT2D eigenvalue weighted by atomic mass is 9.59. The number of hydrogen-bond donors (Lipinski definition) is 1. The number of halogens is 1. The van der Waals surface area contributed by atoms with Crippen molar-refractivity contribution in [2.75, 3.05) is 0 Å². The van der Waals surface area contributed by atoms with Gasteiger partial charge in [0, 0.05) is 16.5 Å².